The SMILES string of the molecule is Cc1ccc(SC(=O)/C=C/CCCC(O)CCO[Si](c2ccccc2)(c2ccccc2)C(C)(C)C)cc1. The lowest BCUT2D eigenvalue weighted by molar-refractivity contribution is -0.107. The fourth-order valence-corrected chi connectivity index (χ4v) is 9.91. The number of carbonyl (C=O) groups is 1. The Kier molecular flexibility index (Phi) is 11.0. The zero-order valence-electron chi connectivity index (χ0n) is 22.5. The van der Waals surface area contributed by atoms with E-state index in [2.05, 4.69) is 69.3 Å². The van der Waals surface area contributed by atoms with E-state index in [-0.39, 0.29) is 10.2 Å². The molecule has 0 aliphatic heterocycles. The van der Waals surface area contributed by atoms with Crippen molar-refractivity contribution in [3.05, 3.63) is 103 Å². The van der Waals surface area contributed by atoms with E-state index in [0.717, 1.165) is 17.7 Å². The Morgan fingerprint density at radius 3 is 2.03 bits per heavy atom. The van der Waals surface area contributed by atoms with Crippen LogP contribution in [0.1, 0.15) is 52.0 Å². The number of aliphatic hydroxyl groups is 1. The summed E-state index contributed by atoms with van der Waals surface area (Å²) in [5.41, 5.74) is 1.18. The Morgan fingerprint density at radius 2 is 1.49 bits per heavy atom. The third kappa shape index (κ3) is 8.27. The molecule has 0 aliphatic carbocycles. The number of aliphatic hydroxyl groups excluding tert-OH is 1. The van der Waals surface area contributed by atoms with Gasteiger partial charge < -0.3 is 9.53 Å². The highest BCUT2D eigenvalue weighted by molar-refractivity contribution is 8.14. The number of thioether (sulfide) groups is 1. The van der Waals surface area contributed by atoms with Crippen molar-refractivity contribution in [2.45, 2.75) is 69.4 Å². The second kappa shape index (κ2) is 13.9. The van der Waals surface area contributed by atoms with E-state index < -0.39 is 14.4 Å². The lowest BCUT2D eigenvalue weighted by Crippen LogP contribution is -2.66. The molecule has 3 nitrogen and oxygen atoms in total. The summed E-state index contributed by atoms with van der Waals surface area (Å²) in [4.78, 5) is 13.1. The van der Waals surface area contributed by atoms with Crippen LogP contribution in [0, 0.1) is 6.92 Å². The van der Waals surface area contributed by atoms with E-state index >= 15 is 0 Å². The molecule has 196 valence electrons. The van der Waals surface area contributed by atoms with Crippen LogP contribution >= 0.6 is 11.8 Å². The van der Waals surface area contributed by atoms with Gasteiger partial charge in [0.25, 0.3) is 8.32 Å². The van der Waals surface area contributed by atoms with Crippen LogP contribution in [-0.2, 0) is 9.22 Å². The second-order valence-corrected chi connectivity index (χ2v) is 15.9. The van der Waals surface area contributed by atoms with Gasteiger partial charge in [0.2, 0.25) is 5.12 Å². The molecule has 0 fully saturated rings. The molecule has 0 heterocycles. The zero-order valence-corrected chi connectivity index (χ0v) is 24.3. The number of hydrogen-bond acceptors (Lipinski definition) is 4. The van der Waals surface area contributed by atoms with Crippen LogP contribution in [0.25, 0.3) is 0 Å². The molecule has 3 rings (SSSR count). The Hall–Kier alpha value is -2.44. The predicted molar refractivity (Wildman–Crippen MR) is 159 cm³/mol. The fraction of sp³-hybridized carbons (Fsp3) is 0.344. The van der Waals surface area contributed by atoms with Crippen LogP contribution in [0.2, 0.25) is 5.04 Å². The number of unbranched alkanes of at least 4 members (excludes halogenated alkanes) is 1. The van der Waals surface area contributed by atoms with Crippen LogP contribution in [0.3, 0.4) is 0 Å². The van der Waals surface area contributed by atoms with Crippen LogP contribution in [0.4, 0.5) is 0 Å². The van der Waals surface area contributed by atoms with Gasteiger partial charge in [0.1, 0.15) is 0 Å². The number of benzene rings is 3. The molecule has 5 heteroatoms. The highest BCUT2D eigenvalue weighted by Gasteiger charge is 2.50. The van der Waals surface area contributed by atoms with Gasteiger partial charge in [-0.25, -0.2) is 0 Å². The van der Waals surface area contributed by atoms with Crippen molar-refractivity contribution in [1.82, 2.24) is 0 Å². The normalized spacial score (nSPS) is 13.1. The molecule has 1 atom stereocenters. The van der Waals surface area contributed by atoms with Crippen molar-refractivity contribution >= 4 is 35.6 Å². The van der Waals surface area contributed by atoms with Gasteiger partial charge in [-0.05, 0) is 78.0 Å². The predicted octanol–water partition coefficient (Wildman–Crippen LogP) is 6.67. The lowest BCUT2D eigenvalue weighted by Gasteiger charge is -2.43. The Labute approximate surface area is 228 Å². The van der Waals surface area contributed by atoms with Gasteiger partial charge in [-0.1, -0.05) is 105 Å². The summed E-state index contributed by atoms with van der Waals surface area (Å²) in [7, 11) is -2.57. The van der Waals surface area contributed by atoms with E-state index in [9.17, 15) is 9.90 Å². The van der Waals surface area contributed by atoms with Gasteiger partial charge in [0.15, 0.2) is 0 Å². The summed E-state index contributed by atoms with van der Waals surface area (Å²) in [5.74, 6) is 0. The monoisotopic (exact) mass is 532 g/mol. The number of aryl methyl sites for hydroxylation is 1. The minimum absolute atomic E-state index is 0.0307. The van der Waals surface area contributed by atoms with Crippen LogP contribution < -0.4 is 10.4 Å². The molecule has 0 bridgehead atoms. The number of rotatable bonds is 12. The van der Waals surface area contributed by atoms with Gasteiger partial charge in [0.05, 0.1) is 6.10 Å². The first-order valence-corrected chi connectivity index (χ1v) is 15.8. The first kappa shape index (κ1) is 29.1. The molecule has 0 amide bonds. The largest absolute Gasteiger partial charge is 0.407 e. The van der Waals surface area contributed by atoms with Gasteiger partial charge in [-0.2, -0.15) is 0 Å². The molecule has 0 saturated heterocycles. The van der Waals surface area contributed by atoms with Crippen LogP contribution in [0.15, 0.2) is 102 Å². The van der Waals surface area contributed by atoms with E-state index in [1.54, 1.807) is 6.08 Å². The van der Waals surface area contributed by atoms with E-state index in [0.29, 0.717) is 19.4 Å². The van der Waals surface area contributed by atoms with Crippen molar-refractivity contribution in [3.8, 4) is 0 Å². The average molecular weight is 533 g/mol. The first-order chi connectivity index (χ1) is 17.7. The molecule has 0 radical (unpaired) electrons. The molecule has 0 spiro atoms. The van der Waals surface area contributed by atoms with E-state index in [1.807, 2.05) is 49.4 Å². The fourth-order valence-electron chi connectivity index (χ4n) is 4.66. The molecule has 0 saturated carbocycles. The van der Waals surface area contributed by atoms with Crippen molar-refractivity contribution in [1.29, 1.82) is 0 Å². The van der Waals surface area contributed by atoms with Crippen molar-refractivity contribution in [2.24, 2.45) is 0 Å². The molecule has 0 aliphatic rings. The van der Waals surface area contributed by atoms with Gasteiger partial charge in [0, 0.05) is 11.5 Å². The molecule has 3 aromatic rings. The number of allylic oxidation sites excluding steroid dienone is 1. The maximum Gasteiger partial charge on any atom is 0.261 e. The highest BCUT2D eigenvalue weighted by atomic mass is 32.2. The maximum atomic E-state index is 12.2. The molecule has 1 unspecified atom stereocenters. The molecular weight excluding hydrogens is 493 g/mol. The maximum absolute atomic E-state index is 12.2. The standard InChI is InChI=1S/C32H40O3SSi/c1-26-20-22-28(23-21-26)36-31(34)19-13-5-8-14-27(33)24-25-35-37(32(2,3)4,29-15-9-6-10-16-29)30-17-11-7-12-18-30/h6-7,9-13,15-23,27,33H,5,8,14,24-25H2,1-4H3/b19-13+. The second-order valence-electron chi connectivity index (χ2n) is 10.5. The van der Waals surface area contributed by atoms with E-state index in [1.165, 1.54) is 27.7 Å². The van der Waals surface area contributed by atoms with Crippen LogP contribution in [-0.4, -0.2) is 31.3 Å². The van der Waals surface area contributed by atoms with Crippen molar-refractivity contribution in [2.75, 3.05) is 6.61 Å². The third-order valence-electron chi connectivity index (χ3n) is 6.59. The molecule has 3 aromatic carbocycles. The smallest absolute Gasteiger partial charge is 0.261 e. The van der Waals surface area contributed by atoms with Crippen molar-refractivity contribution < 1.29 is 14.3 Å². The average Bonchev–Trinajstić information content (AvgIpc) is 2.88. The number of carbonyl (C=O) groups excluding carboxylic acids is 1. The topological polar surface area (TPSA) is 46.5 Å². The van der Waals surface area contributed by atoms with Gasteiger partial charge >= 0.3 is 0 Å². The molecule has 0 aromatic heterocycles. The van der Waals surface area contributed by atoms with Crippen molar-refractivity contribution in [3.63, 3.8) is 0 Å². The lowest BCUT2D eigenvalue weighted by atomic mass is 10.1. The van der Waals surface area contributed by atoms with E-state index in [4.69, 9.17) is 4.43 Å². The minimum Gasteiger partial charge on any atom is -0.407 e. The quantitative estimate of drug-likeness (QED) is 0.122. The highest BCUT2D eigenvalue weighted by Crippen LogP contribution is 2.36. The summed E-state index contributed by atoms with van der Waals surface area (Å²) in [5, 5.41) is 13.1. The van der Waals surface area contributed by atoms with Gasteiger partial charge in [-0.3, -0.25) is 4.79 Å². The Balaban J connectivity index is 1.52. The first-order valence-electron chi connectivity index (χ1n) is 13.1. The van der Waals surface area contributed by atoms with Gasteiger partial charge in [-0.15, -0.1) is 0 Å². The van der Waals surface area contributed by atoms with Crippen LogP contribution in [0.5, 0.6) is 0 Å². The Morgan fingerprint density at radius 1 is 0.919 bits per heavy atom. The third-order valence-corrected chi connectivity index (χ3v) is 12.5. The number of hydrogen-bond donors (Lipinski definition) is 1. The summed E-state index contributed by atoms with van der Waals surface area (Å²) in [6, 6.07) is 29.1. The Bertz CT molecular complexity index is 1080. The molecular formula is C32H40O3SSi. The zero-order chi connectivity index (χ0) is 26.7. The molecule has 1 N–H and O–H groups in total. The minimum atomic E-state index is -2.57. The summed E-state index contributed by atoms with van der Waals surface area (Å²) < 4.78 is 6.88. The summed E-state index contributed by atoms with van der Waals surface area (Å²) in [6.45, 7) is 9.34. The molecule has 37 heavy (non-hydrogen) atoms. The summed E-state index contributed by atoms with van der Waals surface area (Å²) in [6.07, 6.45) is 6.01. The summed E-state index contributed by atoms with van der Waals surface area (Å²) >= 11 is 1.24.